The molecule has 1 fully saturated rings. The van der Waals surface area contributed by atoms with Crippen LogP contribution in [0.15, 0.2) is 36.4 Å². The van der Waals surface area contributed by atoms with Crippen molar-refractivity contribution in [2.75, 3.05) is 6.61 Å². The maximum Gasteiger partial charge on any atom is 0.407 e. The van der Waals surface area contributed by atoms with E-state index in [4.69, 9.17) is 4.74 Å². The second-order valence-electron chi connectivity index (χ2n) is 3.72. The van der Waals surface area contributed by atoms with Gasteiger partial charge in [-0.25, -0.2) is 4.79 Å². The van der Waals surface area contributed by atoms with Crippen LogP contribution in [0.2, 0.25) is 0 Å². The summed E-state index contributed by atoms with van der Waals surface area (Å²) in [5.41, 5.74) is 1.77. The number of pyridine rings is 1. The van der Waals surface area contributed by atoms with Crippen LogP contribution >= 0.6 is 0 Å². The van der Waals surface area contributed by atoms with Gasteiger partial charge in [-0.3, -0.25) is 4.98 Å². The zero-order chi connectivity index (χ0) is 11.0. The van der Waals surface area contributed by atoms with Crippen LogP contribution in [-0.2, 0) is 4.74 Å². The Morgan fingerprint density at radius 1 is 1.25 bits per heavy atom. The Labute approximate surface area is 92.2 Å². The van der Waals surface area contributed by atoms with Gasteiger partial charge in [-0.2, -0.15) is 0 Å². The van der Waals surface area contributed by atoms with E-state index in [-0.39, 0.29) is 12.1 Å². The van der Waals surface area contributed by atoms with Gasteiger partial charge in [0.15, 0.2) is 0 Å². The fourth-order valence-electron chi connectivity index (χ4n) is 1.82. The molecule has 1 aliphatic rings. The molecule has 0 spiro atoms. The maximum absolute atomic E-state index is 10.9. The lowest BCUT2D eigenvalue weighted by Gasteiger charge is -2.07. The summed E-state index contributed by atoms with van der Waals surface area (Å²) >= 11 is 0. The molecular formula is C12H10N2O2. The number of hydrogen-bond acceptors (Lipinski definition) is 3. The summed E-state index contributed by atoms with van der Waals surface area (Å²) in [6.07, 6.45) is -0.375. The molecule has 1 aromatic carbocycles. The minimum absolute atomic E-state index is 0.128. The number of benzene rings is 1. The van der Waals surface area contributed by atoms with E-state index in [1.807, 2.05) is 36.4 Å². The molecule has 16 heavy (non-hydrogen) atoms. The quantitative estimate of drug-likeness (QED) is 0.790. The standard InChI is InChI=1S/C12H10N2O2/c15-12-14-11(7-16-12)10-6-5-8-3-1-2-4-9(8)13-10/h1-6,11H,7H2,(H,14,15). The topological polar surface area (TPSA) is 51.2 Å². The van der Waals surface area contributed by atoms with Crippen LogP contribution in [0.25, 0.3) is 10.9 Å². The Bertz CT molecular complexity index is 553. The number of aromatic nitrogens is 1. The van der Waals surface area contributed by atoms with Crippen molar-refractivity contribution in [2.24, 2.45) is 0 Å². The van der Waals surface area contributed by atoms with E-state index in [9.17, 15) is 4.79 Å². The Morgan fingerprint density at radius 2 is 2.12 bits per heavy atom. The van der Waals surface area contributed by atoms with Crippen LogP contribution in [-0.4, -0.2) is 17.7 Å². The number of nitrogens with zero attached hydrogens (tertiary/aromatic N) is 1. The molecule has 1 aromatic heterocycles. The van der Waals surface area contributed by atoms with Gasteiger partial charge in [0, 0.05) is 5.39 Å². The van der Waals surface area contributed by atoms with Crippen LogP contribution in [0.4, 0.5) is 4.79 Å². The summed E-state index contributed by atoms with van der Waals surface area (Å²) in [7, 11) is 0. The number of para-hydroxylation sites is 1. The zero-order valence-corrected chi connectivity index (χ0v) is 8.51. The number of alkyl carbamates (subject to hydrolysis) is 1. The first-order valence-corrected chi connectivity index (χ1v) is 5.12. The first-order chi connectivity index (χ1) is 7.83. The van der Waals surface area contributed by atoms with Crippen LogP contribution in [0, 0.1) is 0 Å². The highest BCUT2D eigenvalue weighted by molar-refractivity contribution is 5.78. The van der Waals surface area contributed by atoms with Crippen LogP contribution in [0.1, 0.15) is 11.7 Å². The normalized spacial score (nSPS) is 19.5. The fourth-order valence-corrected chi connectivity index (χ4v) is 1.82. The monoisotopic (exact) mass is 214 g/mol. The van der Waals surface area contributed by atoms with E-state index in [2.05, 4.69) is 10.3 Å². The SMILES string of the molecule is O=C1NC(c2ccc3ccccc3n2)CO1. The number of fused-ring (bicyclic) bond motifs is 1. The largest absolute Gasteiger partial charge is 0.447 e. The fraction of sp³-hybridized carbons (Fsp3) is 0.167. The van der Waals surface area contributed by atoms with E-state index in [1.54, 1.807) is 0 Å². The molecule has 1 unspecified atom stereocenters. The highest BCUT2D eigenvalue weighted by atomic mass is 16.6. The molecular weight excluding hydrogens is 204 g/mol. The highest BCUT2D eigenvalue weighted by Crippen LogP contribution is 2.19. The molecule has 1 aliphatic heterocycles. The number of carbonyl (C=O) groups excluding carboxylic acids is 1. The minimum atomic E-state index is -0.375. The first kappa shape index (κ1) is 9.15. The summed E-state index contributed by atoms with van der Waals surface area (Å²) in [6, 6.07) is 11.7. The molecule has 2 aromatic rings. The smallest absolute Gasteiger partial charge is 0.407 e. The van der Waals surface area contributed by atoms with E-state index in [0.717, 1.165) is 16.6 Å². The van der Waals surface area contributed by atoms with E-state index in [1.165, 1.54) is 0 Å². The number of hydrogen-bond donors (Lipinski definition) is 1. The third-order valence-electron chi connectivity index (χ3n) is 2.65. The van der Waals surface area contributed by atoms with Crippen molar-refractivity contribution >= 4 is 17.0 Å². The molecule has 3 rings (SSSR count). The molecule has 0 aliphatic carbocycles. The lowest BCUT2D eigenvalue weighted by atomic mass is 10.1. The van der Waals surface area contributed by atoms with Crippen molar-refractivity contribution in [2.45, 2.75) is 6.04 Å². The van der Waals surface area contributed by atoms with Gasteiger partial charge < -0.3 is 10.1 Å². The zero-order valence-electron chi connectivity index (χ0n) is 8.51. The maximum atomic E-state index is 10.9. The van der Waals surface area contributed by atoms with Crippen molar-refractivity contribution in [1.82, 2.24) is 10.3 Å². The molecule has 1 amide bonds. The number of carbonyl (C=O) groups is 1. The number of ether oxygens (including phenoxy) is 1. The van der Waals surface area contributed by atoms with Crippen LogP contribution in [0.5, 0.6) is 0 Å². The average molecular weight is 214 g/mol. The van der Waals surface area contributed by atoms with Crippen molar-refractivity contribution in [3.63, 3.8) is 0 Å². The Morgan fingerprint density at radius 3 is 2.94 bits per heavy atom. The summed E-state index contributed by atoms with van der Waals surface area (Å²) in [6.45, 7) is 0.351. The number of amides is 1. The molecule has 4 heteroatoms. The lowest BCUT2D eigenvalue weighted by molar-refractivity contribution is 0.177. The second-order valence-corrected chi connectivity index (χ2v) is 3.72. The van der Waals surface area contributed by atoms with Gasteiger partial charge in [0.2, 0.25) is 0 Å². The minimum Gasteiger partial charge on any atom is -0.447 e. The Balaban J connectivity index is 2.02. The van der Waals surface area contributed by atoms with Gasteiger partial charge in [0.1, 0.15) is 12.6 Å². The summed E-state index contributed by atoms with van der Waals surface area (Å²) in [4.78, 5) is 15.4. The Hall–Kier alpha value is -2.10. The number of cyclic esters (lactones) is 1. The summed E-state index contributed by atoms with van der Waals surface area (Å²) in [5, 5.41) is 3.81. The van der Waals surface area contributed by atoms with Crippen molar-refractivity contribution in [1.29, 1.82) is 0 Å². The average Bonchev–Trinajstić information content (AvgIpc) is 2.75. The third kappa shape index (κ3) is 1.48. The third-order valence-corrected chi connectivity index (χ3v) is 2.65. The molecule has 4 nitrogen and oxygen atoms in total. The molecule has 1 atom stereocenters. The molecule has 2 heterocycles. The predicted molar refractivity (Wildman–Crippen MR) is 59.0 cm³/mol. The molecule has 80 valence electrons. The first-order valence-electron chi connectivity index (χ1n) is 5.12. The van der Waals surface area contributed by atoms with E-state index >= 15 is 0 Å². The van der Waals surface area contributed by atoms with Crippen LogP contribution < -0.4 is 5.32 Å². The highest BCUT2D eigenvalue weighted by Gasteiger charge is 2.24. The van der Waals surface area contributed by atoms with Gasteiger partial charge in [-0.05, 0) is 12.1 Å². The molecule has 1 N–H and O–H groups in total. The van der Waals surface area contributed by atoms with Gasteiger partial charge >= 0.3 is 6.09 Å². The lowest BCUT2D eigenvalue weighted by Crippen LogP contribution is -2.19. The Kier molecular flexibility index (Phi) is 1.99. The van der Waals surface area contributed by atoms with E-state index in [0.29, 0.717) is 6.61 Å². The van der Waals surface area contributed by atoms with Gasteiger partial charge in [0.25, 0.3) is 0 Å². The second kappa shape index (κ2) is 3.48. The number of rotatable bonds is 1. The molecule has 0 bridgehead atoms. The molecule has 0 saturated carbocycles. The number of nitrogens with one attached hydrogen (secondary N) is 1. The molecule has 1 saturated heterocycles. The summed E-state index contributed by atoms with van der Waals surface area (Å²) < 4.78 is 4.84. The molecule has 0 radical (unpaired) electrons. The summed E-state index contributed by atoms with van der Waals surface area (Å²) in [5.74, 6) is 0. The van der Waals surface area contributed by atoms with E-state index < -0.39 is 0 Å². The van der Waals surface area contributed by atoms with Crippen molar-refractivity contribution in [3.05, 3.63) is 42.1 Å². The van der Waals surface area contributed by atoms with Gasteiger partial charge in [-0.15, -0.1) is 0 Å². The van der Waals surface area contributed by atoms with Crippen molar-refractivity contribution in [3.8, 4) is 0 Å². The van der Waals surface area contributed by atoms with Crippen LogP contribution in [0.3, 0.4) is 0 Å². The van der Waals surface area contributed by atoms with Gasteiger partial charge in [-0.1, -0.05) is 24.3 Å². The predicted octanol–water partition coefficient (Wildman–Crippen LogP) is 2.02. The van der Waals surface area contributed by atoms with Gasteiger partial charge in [0.05, 0.1) is 11.2 Å². The van der Waals surface area contributed by atoms with Crippen molar-refractivity contribution < 1.29 is 9.53 Å².